The average molecular weight is 575 g/mol. The minimum absolute atomic E-state index is 0. The molecule has 33 heavy (non-hydrogen) atoms. The molecule has 2 aliphatic rings. The van der Waals surface area contributed by atoms with Gasteiger partial charge in [-0.05, 0) is 45.2 Å². The number of carbonyl (C=O) groups is 1. The van der Waals surface area contributed by atoms with Crippen molar-refractivity contribution in [2.45, 2.75) is 64.9 Å². The third kappa shape index (κ3) is 9.19. The Morgan fingerprint density at radius 2 is 1.88 bits per heavy atom. The summed E-state index contributed by atoms with van der Waals surface area (Å²) in [6, 6.07) is 5.73. The van der Waals surface area contributed by atoms with Crippen molar-refractivity contribution in [1.29, 1.82) is 0 Å². The molecule has 1 aliphatic heterocycles. The predicted octanol–water partition coefficient (Wildman–Crippen LogP) is 4.07. The molecule has 0 unspecified atom stereocenters. The van der Waals surface area contributed by atoms with Crippen LogP contribution in [0.4, 0.5) is 5.69 Å². The number of amides is 1. The van der Waals surface area contributed by atoms with Gasteiger partial charge in [-0.1, -0.05) is 19.3 Å². The molecule has 8 nitrogen and oxygen atoms in total. The number of guanidine groups is 1. The second kappa shape index (κ2) is 13.8. The molecule has 1 aliphatic carbocycles. The van der Waals surface area contributed by atoms with Crippen LogP contribution in [-0.2, 0) is 9.53 Å². The van der Waals surface area contributed by atoms with Gasteiger partial charge < -0.3 is 30.6 Å². The molecule has 1 aromatic rings. The maximum Gasteiger partial charge on any atom is 0.224 e. The number of hydrogen-bond acceptors (Lipinski definition) is 5. The zero-order valence-corrected chi connectivity index (χ0v) is 22.2. The van der Waals surface area contributed by atoms with Crippen LogP contribution in [0.1, 0.15) is 58.8 Å². The third-order valence-corrected chi connectivity index (χ3v) is 5.83. The first-order chi connectivity index (χ1) is 15.4. The summed E-state index contributed by atoms with van der Waals surface area (Å²) in [5, 5.41) is 6.66. The van der Waals surface area contributed by atoms with Crippen molar-refractivity contribution in [3.05, 3.63) is 18.2 Å². The van der Waals surface area contributed by atoms with E-state index in [0.29, 0.717) is 37.6 Å². The number of nitrogens with one attached hydrogen (secondary N) is 2. The average Bonchev–Trinajstić information content (AvgIpc) is 3.02. The van der Waals surface area contributed by atoms with Gasteiger partial charge in [0, 0.05) is 31.3 Å². The number of halogens is 1. The Hall–Kier alpha value is -1.75. The molecule has 186 valence electrons. The molecule has 1 aromatic carbocycles. The molecule has 1 heterocycles. The smallest absolute Gasteiger partial charge is 0.224 e. The van der Waals surface area contributed by atoms with Crippen LogP contribution in [-0.4, -0.2) is 50.9 Å². The fourth-order valence-corrected chi connectivity index (χ4v) is 3.63. The third-order valence-electron chi connectivity index (χ3n) is 5.83. The number of anilines is 1. The van der Waals surface area contributed by atoms with Crippen LogP contribution in [0.15, 0.2) is 23.2 Å². The van der Waals surface area contributed by atoms with E-state index in [0.717, 1.165) is 30.9 Å². The number of aliphatic imine (C=N–C) groups is 1. The molecule has 9 heteroatoms. The zero-order chi connectivity index (χ0) is 22.8. The summed E-state index contributed by atoms with van der Waals surface area (Å²) in [4.78, 5) is 16.3. The summed E-state index contributed by atoms with van der Waals surface area (Å²) in [7, 11) is 0. The Kier molecular flexibility index (Phi) is 11.5. The Balaban J connectivity index is 0.00000385. The zero-order valence-electron chi connectivity index (χ0n) is 19.9. The van der Waals surface area contributed by atoms with E-state index in [1.807, 2.05) is 18.2 Å². The lowest BCUT2D eigenvalue weighted by Gasteiger charge is -2.22. The maximum absolute atomic E-state index is 11.7. The van der Waals surface area contributed by atoms with E-state index in [9.17, 15) is 4.79 Å². The first-order valence-corrected chi connectivity index (χ1v) is 11.8. The Bertz CT molecular complexity index is 782. The van der Waals surface area contributed by atoms with E-state index in [4.69, 9.17) is 19.9 Å². The molecule has 4 N–H and O–H groups in total. The van der Waals surface area contributed by atoms with Crippen LogP contribution in [0.2, 0.25) is 0 Å². The van der Waals surface area contributed by atoms with Crippen molar-refractivity contribution >= 4 is 41.5 Å². The Labute approximate surface area is 214 Å². The monoisotopic (exact) mass is 574 g/mol. The van der Waals surface area contributed by atoms with Gasteiger partial charge in [-0.25, -0.2) is 0 Å². The van der Waals surface area contributed by atoms with Crippen molar-refractivity contribution < 1.29 is 19.0 Å². The second-order valence-corrected chi connectivity index (χ2v) is 9.16. The van der Waals surface area contributed by atoms with Gasteiger partial charge in [0.1, 0.15) is 0 Å². The maximum atomic E-state index is 11.7. The van der Waals surface area contributed by atoms with Crippen LogP contribution >= 0.6 is 24.0 Å². The summed E-state index contributed by atoms with van der Waals surface area (Å²) in [6.07, 6.45) is 8.36. The van der Waals surface area contributed by atoms with Crippen molar-refractivity contribution in [2.75, 3.05) is 38.2 Å². The second-order valence-electron chi connectivity index (χ2n) is 9.16. The molecule has 1 saturated carbocycles. The highest BCUT2D eigenvalue weighted by molar-refractivity contribution is 14.0. The van der Waals surface area contributed by atoms with Crippen molar-refractivity contribution in [2.24, 2.45) is 16.1 Å². The number of ether oxygens (including phenoxy) is 3. The molecule has 0 aromatic heterocycles. The Morgan fingerprint density at radius 1 is 1.15 bits per heavy atom. The lowest BCUT2D eigenvalue weighted by molar-refractivity contribution is -0.125. The minimum Gasteiger partial charge on any atom is -0.490 e. The number of nitrogens with two attached hydrogens (primary N) is 1. The number of benzene rings is 1. The van der Waals surface area contributed by atoms with E-state index in [-0.39, 0.29) is 36.4 Å². The molecular weight excluding hydrogens is 535 g/mol. The standard InChI is InChI=1S/C24H38N4O4.HI/c1-24(2,22(25)29)17-27-23(26-12-6-13-30-19-8-4-3-5-9-19)28-18-10-11-20-21(16-18)32-15-7-14-31-20;/h10-11,16,19H,3-9,12-15,17H2,1-2H3,(H2,25,29)(H2,26,27,28);1H. The SMILES string of the molecule is CC(C)(CN=C(NCCCOC1CCCCC1)Nc1ccc2c(c1)OCCCO2)C(N)=O.I. The number of carbonyl (C=O) groups excluding carboxylic acids is 1. The van der Waals surface area contributed by atoms with E-state index in [2.05, 4.69) is 15.6 Å². The quantitative estimate of drug-likeness (QED) is 0.178. The van der Waals surface area contributed by atoms with Gasteiger partial charge in [0.05, 0.1) is 31.3 Å². The molecule has 0 atom stereocenters. The Morgan fingerprint density at radius 3 is 2.61 bits per heavy atom. The fourth-order valence-electron chi connectivity index (χ4n) is 3.63. The molecule has 0 spiro atoms. The van der Waals surface area contributed by atoms with Crippen LogP contribution in [0.3, 0.4) is 0 Å². The number of primary amides is 1. The van der Waals surface area contributed by atoms with Crippen molar-refractivity contribution in [3.63, 3.8) is 0 Å². The van der Waals surface area contributed by atoms with Gasteiger partial charge in [0.2, 0.25) is 5.91 Å². The summed E-state index contributed by atoms with van der Waals surface area (Å²) >= 11 is 0. The summed E-state index contributed by atoms with van der Waals surface area (Å²) < 4.78 is 17.5. The van der Waals surface area contributed by atoms with Crippen LogP contribution < -0.4 is 25.8 Å². The molecule has 0 saturated heterocycles. The predicted molar refractivity (Wildman–Crippen MR) is 142 cm³/mol. The normalized spacial score (nSPS) is 17.0. The fraction of sp³-hybridized carbons (Fsp3) is 0.667. The molecule has 0 radical (unpaired) electrons. The largest absolute Gasteiger partial charge is 0.490 e. The molecule has 3 rings (SSSR count). The van der Waals surface area contributed by atoms with Gasteiger partial charge >= 0.3 is 0 Å². The van der Waals surface area contributed by atoms with Crippen molar-refractivity contribution in [3.8, 4) is 11.5 Å². The van der Waals surface area contributed by atoms with Crippen LogP contribution in [0, 0.1) is 5.41 Å². The lowest BCUT2D eigenvalue weighted by Crippen LogP contribution is -2.37. The number of fused-ring (bicyclic) bond motifs is 1. The molecule has 0 bridgehead atoms. The van der Waals surface area contributed by atoms with E-state index < -0.39 is 5.41 Å². The highest BCUT2D eigenvalue weighted by Crippen LogP contribution is 2.32. The van der Waals surface area contributed by atoms with Crippen molar-refractivity contribution in [1.82, 2.24) is 5.32 Å². The van der Waals surface area contributed by atoms with Gasteiger partial charge in [0.15, 0.2) is 17.5 Å². The molecular formula is C24H39IN4O4. The van der Waals surface area contributed by atoms with E-state index in [1.165, 1.54) is 32.1 Å². The highest BCUT2D eigenvalue weighted by atomic mass is 127. The highest BCUT2D eigenvalue weighted by Gasteiger charge is 2.24. The summed E-state index contributed by atoms with van der Waals surface area (Å²) in [5.74, 6) is 1.67. The topological polar surface area (TPSA) is 107 Å². The van der Waals surface area contributed by atoms with Gasteiger partial charge in [0.25, 0.3) is 0 Å². The van der Waals surface area contributed by atoms with Crippen LogP contribution in [0.5, 0.6) is 11.5 Å². The minimum atomic E-state index is -0.733. The van der Waals surface area contributed by atoms with Gasteiger partial charge in [-0.3, -0.25) is 9.79 Å². The summed E-state index contributed by atoms with van der Waals surface area (Å²) in [6.45, 7) is 6.58. The first kappa shape index (κ1) is 27.5. The number of rotatable bonds is 9. The van der Waals surface area contributed by atoms with Crippen LogP contribution in [0.25, 0.3) is 0 Å². The number of nitrogens with zero attached hydrogens (tertiary/aromatic N) is 1. The van der Waals surface area contributed by atoms with Gasteiger partial charge in [-0.15, -0.1) is 24.0 Å². The molecule has 1 fully saturated rings. The summed E-state index contributed by atoms with van der Waals surface area (Å²) in [5.41, 5.74) is 5.61. The first-order valence-electron chi connectivity index (χ1n) is 11.8. The van der Waals surface area contributed by atoms with E-state index >= 15 is 0 Å². The molecule has 1 amide bonds. The number of hydrogen-bond donors (Lipinski definition) is 3. The lowest BCUT2D eigenvalue weighted by atomic mass is 9.93. The van der Waals surface area contributed by atoms with E-state index in [1.54, 1.807) is 13.8 Å². The van der Waals surface area contributed by atoms with Gasteiger partial charge in [-0.2, -0.15) is 0 Å².